The van der Waals surface area contributed by atoms with Gasteiger partial charge in [-0.1, -0.05) is 66.7 Å². The Morgan fingerprint density at radius 3 is 2.55 bits per heavy atom. The standard InChI is InChI=1S/C23H26N4OS/c1-16-9-11-17(12-10-16)23(4)14-22(2,3)27(19-8-6-5-7-18(19)23)20(28)13-29-21-24-15-25-26-21/h5-12,15H,13-14H2,1-4H3,(H,24,25,26)/t23-/m1/s1. The fraction of sp³-hybridized carbons (Fsp3) is 0.348. The Bertz CT molecular complexity index is 1010. The molecule has 0 saturated carbocycles. The smallest absolute Gasteiger partial charge is 0.237 e. The van der Waals surface area contributed by atoms with Crippen molar-refractivity contribution in [3.63, 3.8) is 0 Å². The lowest BCUT2D eigenvalue weighted by Crippen LogP contribution is -2.56. The van der Waals surface area contributed by atoms with E-state index in [9.17, 15) is 4.79 Å². The average Bonchev–Trinajstić information content (AvgIpc) is 3.20. The van der Waals surface area contributed by atoms with Crippen molar-refractivity contribution >= 4 is 23.4 Å². The Labute approximate surface area is 175 Å². The highest BCUT2D eigenvalue weighted by atomic mass is 32.2. The van der Waals surface area contributed by atoms with E-state index in [2.05, 4.69) is 85.3 Å². The molecule has 1 aliphatic heterocycles. The molecule has 0 fully saturated rings. The number of carbonyl (C=O) groups is 1. The molecule has 0 bridgehead atoms. The molecular weight excluding hydrogens is 380 g/mol. The Balaban J connectivity index is 1.73. The molecular formula is C23H26N4OS. The number of aromatic amines is 1. The molecule has 0 radical (unpaired) electrons. The van der Waals surface area contributed by atoms with Crippen LogP contribution < -0.4 is 4.90 Å². The van der Waals surface area contributed by atoms with E-state index in [1.807, 2.05) is 11.0 Å². The van der Waals surface area contributed by atoms with Gasteiger partial charge in [-0.3, -0.25) is 9.89 Å². The number of para-hydroxylation sites is 1. The molecule has 4 rings (SSSR count). The molecule has 3 aromatic rings. The number of nitrogens with one attached hydrogen (secondary N) is 1. The third-order valence-corrected chi connectivity index (χ3v) is 6.66. The molecule has 29 heavy (non-hydrogen) atoms. The maximum atomic E-state index is 13.3. The second-order valence-electron chi connectivity index (χ2n) is 8.51. The Kier molecular flexibility index (Phi) is 4.99. The third-order valence-electron chi connectivity index (χ3n) is 5.79. The number of amides is 1. The fourth-order valence-electron chi connectivity index (χ4n) is 4.61. The van der Waals surface area contributed by atoms with E-state index in [4.69, 9.17) is 0 Å². The minimum absolute atomic E-state index is 0.0785. The number of benzene rings is 2. The van der Waals surface area contributed by atoms with Crippen LogP contribution in [0.2, 0.25) is 0 Å². The number of carbonyl (C=O) groups excluding carboxylic acids is 1. The zero-order valence-electron chi connectivity index (χ0n) is 17.3. The molecule has 1 amide bonds. The van der Waals surface area contributed by atoms with Gasteiger partial charge in [0.2, 0.25) is 5.91 Å². The highest BCUT2D eigenvalue weighted by Crippen LogP contribution is 2.50. The van der Waals surface area contributed by atoms with E-state index in [1.54, 1.807) is 0 Å². The lowest BCUT2D eigenvalue weighted by molar-refractivity contribution is -0.117. The summed E-state index contributed by atoms with van der Waals surface area (Å²) in [6, 6.07) is 17.1. The summed E-state index contributed by atoms with van der Waals surface area (Å²) in [5, 5.41) is 7.32. The Morgan fingerprint density at radius 1 is 1.14 bits per heavy atom. The lowest BCUT2D eigenvalue weighted by Gasteiger charge is -2.51. The molecule has 0 spiro atoms. The van der Waals surface area contributed by atoms with Crippen molar-refractivity contribution in [2.24, 2.45) is 0 Å². The van der Waals surface area contributed by atoms with Crippen LogP contribution in [0.1, 0.15) is 43.9 Å². The van der Waals surface area contributed by atoms with Crippen molar-refractivity contribution in [2.75, 3.05) is 10.7 Å². The summed E-state index contributed by atoms with van der Waals surface area (Å²) in [5.41, 5.74) is 4.24. The van der Waals surface area contributed by atoms with Crippen molar-refractivity contribution in [3.8, 4) is 0 Å². The summed E-state index contributed by atoms with van der Waals surface area (Å²) in [6.45, 7) is 8.72. The number of anilines is 1. The first kappa shape index (κ1) is 19.7. The van der Waals surface area contributed by atoms with Crippen molar-refractivity contribution in [2.45, 2.75) is 50.2 Å². The van der Waals surface area contributed by atoms with Crippen LogP contribution in [-0.4, -0.2) is 32.4 Å². The molecule has 6 heteroatoms. The Morgan fingerprint density at radius 2 is 1.86 bits per heavy atom. The van der Waals surface area contributed by atoms with Crippen LogP contribution in [0.4, 0.5) is 5.69 Å². The first-order valence-electron chi connectivity index (χ1n) is 9.79. The predicted octanol–water partition coefficient (Wildman–Crippen LogP) is 4.73. The molecule has 0 aliphatic carbocycles. The molecule has 0 saturated heterocycles. The van der Waals surface area contributed by atoms with Gasteiger partial charge in [-0.15, -0.1) is 0 Å². The van der Waals surface area contributed by atoms with Crippen LogP contribution in [0.3, 0.4) is 0 Å². The van der Waals surface area contributed by atoms with Gasteiger partial charge >= 0.3 is 0 Å². The quantitative estimate of drug-likeness (QED) is 0.637. The van der Waals surface area contributed by atoms with Gasteiger partial charge in [0, 0.05) is 16.6 Å². The second-order valence-corrected chi connectivity index (χ2v) is 9.48. The van der Waals surface area contributed by atoms with Gasteiger partial charge in [-0.2, -0.15) is 5.10 Å². The molecule has 1 aromatic heterocycles. The first-order valence-corrected chi connectivity index (χ1v) is 10.8. The van der Waals surface area contributed by atoms with Gasteiger partial charge in [0.1, 0.15) is 6.33 Å². The topological polar surface area (TPSA) is 61.9 Å². The summed E-state index contributed by atoms with van der Waals surface area (Å²) < 4.78 is 0. The van der Waals surface area contributed by atoms with Crippen LogP contribution >= 0.6 is 11.8 Å². The molecule has 2 heterocycles. The van der Waals surface area contributed by atoms with E-state index in [-0.39, 0.29) is 16.9 Å². The van der Waals surface area contributed by atoms with Gasteiger partial charge in [0.25, 0.3) is 0 Å². The number of nitrogens with zero attached hydrogens (tertiary/aromatic N) is 3. The predicted molar refractivity (Wildman–Crippen MR) is 117 cm³/mol. The summed E-state index contributed by atoms with van der Waals surface area (Å²) in [6.07, 6.45) is 2.30. The van der Waals surface area contributed by atoms with Crippen LogP contribution in [0.5, 0.6) is 0 Å². The second kappa shape index (κ2) is 7.34. The molecule has 1 atom stereocenters. The van der Waals surface area contributed by atoms with Crippen LogP contribution in [0.15, 0.2) is 60.0 Å². The van der Waals surface area contributed by atoms with Crippen LogP contribution in [0, 0.1) is 6.92 Å². The molecule has 150 valence electrons. The molecule has 0 unspecified atom stereocenters. The number of hydrogen-bond acceptors (Lipinski definition) is 4. The van der Waals surface area contributed by atoms with Crippen LogP contribution in [-0.2, 0) is 10.2 Å². The highest BCUT2D eigenvalue weighted by Gasteiger charge is 2.47. The largest absolute Gasteiger partial charge is 0.306 e. The number of thioether (sulfide) groups is 1. The van der Waals surface area contributed by atoms with E-state index < -0.39 is 0 Å². The third kappa shape index (κ3) is 3.57. The molecule has 5 nitrogen and oxygen atoms in total. The number of hydrogen-bond donors (Lipinski definition) is 1. The van der Waals surface area contributed by atoms with Crippen molar-refractivity contribution in [1.82, 2.24) is 15.2 Å². The van der Waals surface area contributed by atoms with Crippen molar-refractivity contribution < 1.29 is 4.79 Å². The highest BCUT2D eigenvalue weighted by molar-refractivity contribution is 7.99. The normalized spacial score (nSPS) is 20.3. The monoisotopic (exact) mass is 406 g/mol. The molecule has 1 aliphatic rings. The Hall–Kier alpha value is -2.60. The molecule has 1 N–H and O–H groups in total. The van der Waals surface area contributed by atoms with E-state index in [0.717, 1.165) is 12.1 Å². The maximum absolute atomic E-state index is 13.3. The van der Waals surface area contributed by atoms with Gasteiger partial charge < -0.3 is 4.90 Å². The zero-order chi connectivity index (χ0) is 20.6. The average molecular weight is 407 g/mol. The van der Waals surface area contributed by atoms with Crippen LogP contribution in [0.25, 0.3) is 0 Å². The van der Waals surface area contributed by atoms with Gasteiger partial charge in [0.05, 0.1) is 5.75 Å². The van der Waals surface area contributed by atoms with Gasteiger partial charge in [-0.25, -0.2) is 4.98 Å². The van der Waals surface area contributed by atoms with E-state index >= 15 is 0 Å². The summed E-state index contributed by atoms with van der Waals surface area (Å²) in [7, 11) is 0. The molecule has 2 aromatic carbocycles. The van der Waals surface area contributed by atoms with E-state index in [0.29, 0.717) is 10.9 Å². The first-order chi connectivity index (χ1) is 13.8. The minimum atomic E-state index is -0.326. The SMILES string of the molecule is Cc1ccc([C@@]2(C)CC(C)(C)N(C(=O)CSc3ncn[nH]3)c3ccccc32)cc1. The number of fused-ring (bicyclic) bond motifs is 1. The maximum Gasteiger partial charge on any atom is 0.237 e. The zero-order valence-corrected chi connectivity index (χ0v) is 18.1. The summed E-state index contributed by atoms with van der Waals surface area (Å²) in [5.74, 6) is 0.392. The number of aryl methyl sites for hydroxylation is 1. The summed E-state index contributed by atoms with van der Waals surface area (Å²) >= 11 is 1.38. The van der Waals surface area contributed by atoms with Gasteiger partial charge in [0.15, 0.2) is 5.16 Å². The number of rotatable bonds is 4. The number of aromatic nitrogens is 3. The summed E-state index contributed by atoms with van der Waals surface area (Å²) in [4.78, 5) is 19.4. The number of H-pyrrole nitrogens is 1. The van der Waals surface area contributed by atoms with Crippen molar-refractivity contribution in [3.05, 3.63) is 71.5 Å². The lowest BCUT2D eigenvalue weighted by atomic mass is 9.65. The fourth-order valence-corrected chi connectivity index (χ4v) is 5.24. The van der Waals surface area contributed by atoms with E-state index in [1.165, 1.54) is 34.8 Å². The van der Waals surface area contributed by atoms with Crippen molar-refractivity contribution in [1.29, 1.82) is 0 Å². The van der Waals surface area contributed by atoms with Gasteiger partial charge in [-0.05, 0) is 44.4 Å². The minimum Gasteiger partial charge on any atom is -0.306 e.